The Morgan fingerprint density at radius 3 is 2.54 bits per heavy atom. The molecule has 3 atom stereocenters. The molecule has 0 aliphatic carbocycles. The second-order valence-electron chi connectivity index (χ2n) is 11.9. The standard InChI is InChI=1S/C30H47N3O8/c1-5-6-10-32(11-8-7-9-31)25(34)18-33-17-21(20-14-23(37-4)27-24(15-20)40-19-41-27)26(28(35)36)22(33)16-30(2,3)29-38-12-13-39-29/h14-15,21-22,26,29H,5-13,16-19,31H2,1-4H3,(H,35,36)/t21-,22+,26?/m1/s1. The summed E-state index contributed by atoms with van der Waals surface area (Å²) in [6, 6.07) is 3.27. The highest BCUT2D eigenvalue weighted by Crippen LogP contribution is 2.48. The molecule has 0 aromatic heterocycles. The summed E-state index contributed by atoms with van der Waals surface area (Å²) < 4.78 is 28.5. The van der Waals surface area contributed by atoms with Crippen LogP contribution >= 0.6 is 0 Å². The van der Waals surface area contributed by atoms with E-state index in [1.807, 2.05) is 30.9 Å². The van der Waals surface area contributed by atoms with Crippen molar-refractivity contribution in [1.29, 1.82) is 0 Å². The van der Waals surface area contributed by atoms with Crippen molar-refractivity contribution in [3.05, 3.63) is 17.7 Å². The van der Waals surface area contributed by atoms with Gasteiger partial charge >= 0.3 is 5.97 Å². The number of fused-ring (bicyclic) bond motifs is 1. The Bertz CT molecular complexity index is 1040. The van der Waals surface area contributed by atoms with Gasteiger partial charge in [-0.25, -0.2) is 0 Å². The largest absolute Gasteiger partial charge is 0.493 e. The maximum absolute atomic E-state index is 13.7. The van der Waals surface area contributed by atoms with Crippen molar-refractivity contribution in [2.75, 3.05) is 59.8 Å². The molecule has 1 aromatic carbocycles. The first kappa shape index (κ1) is 31.3. The quantitative estimate of drug-likeness (QED) is 0.300. The Labute approximate surface area is 243 Å². The van der Waals surface area contributed by atoms with E-state index in [9.17, 15) is 14.7 Å². The molecular weight excluding hydrogens is 530 g/mol. The highest BCUT2D eigenvalue weighted by Gasteiger charge is 2.51. The molecule has 2 saturated heterocycles. The summed E-state index contributed by atoms with van der Waals surface area (Å²) in [4.78, 5) is 30.7. The summed E-state index contributed by atoms with van der Waals surface area (Å²) in [5, 5.41) is 10.6. The first-order valence-electron chi connectivity index (χ1n) is 14.9. The lowest BCUT2D eigenvalue weighted by Crippen LogP contribution is -2.47. The monoisotopic (exact) mass is 577 g/mol. The first-order chi connectivity index (χ1) is 19.7. The van der Waals surface area contributed by atoms with E-state index in [1.54, 1.807) is 7.11 Å². The number of hydrogen-bond donors (Lipinski definition) is 2. The smallest absolute Gasteiger partial charge is 0.308 e. The number of rotatable bonds is 15. The predicted molar refractivity (Wildman–Crippen MR) is 152 cm³/mol. The normalized spacial score (nSPS) is 22.8. The molecule has 41 heavy (non-hydrogen) atoms. The van der Waals surface area contributed by atoms with Gasteiger partial charge < -0.3 is 39.4 Å². The van der Waals surface area contributed by atoms with Crippen molar-refractivity contribution in [2.45, 2.75) is 71.1 Å². The molecule has 0 bridgehead atoms. The summed E-state index contributed by atoms with van der Waals surface area (Å²) in [7, 11) is 1.55. The van der Waals surface area contributed by atoms with Crippen LogP contribution in [0.15, 0.2) is 12.1 Å². The maximum atomic E-state index is 13.7. The van der Waals surface area contributed by atoms with E-state index in [0.717, 1.165) is 31.2 Å². The van der Waals surface area contributed by atoms with Gasteiger partial charge in [-0.1, -0.05) is 27.2 Å². The number of hydrogen-bond acceptors (Lipinski definition) is 9. The average Bonchev–Trinajstić information content (AvgIpc) is 3.71. The van der Waals surface area contributed by atoms with E-state index < -0.39 is 35.6 Å². The topological polar surface area (TPSA) is 133 Å². The van der Waals surface area contributed by atoms with Crippen LogP contribution in [0.25, 0.3) is 0 Å². The highest BCUT2D eigenvalue weighted by atomic mass is 16.7. The third-order valence-electron chi connectivity index (χ3n) is 8.49. The third-order valence-corrected chi connectivity index (χ3v) is 8.49. The van der Waals surface area contributed by atoms with Gasteiger partial charge in [0.2, 0.25) is 18.4 Å². The molecule has 1 unspecified atom stereocenters. The lowest BCUT2D eigenvalue weighted by atomic mass is 9.77. The van der Waals surface area contributed by atoms with Crippen LogP contribution in [-0.2, 0) is 19.1 Å². The number of carboxylic acid groups (broad SMARTS) is 1. The molecule has 0 spiro atoms. The van der Waals surface area contributed by atoms with Crippen LogP contribution in [0.4, 0.5) is 0 Å². The molecule has 1 aromatic rings. The first-order valence-corrected chi connectivity index (χ1v) is 14.9. The van der Waals surface area contributed by atoms with Crippen molar-refractivity contribution in [3.8, 4) is 17.2 Å². The Balaban J connectivity index is 1.65. The minimum Gasteiger partial charge on any atom is -0.493 e. The van der Waals surface area contributed by atoms with Crippen LogP contribution in [0.3, 0.4) is 0 Å². The van der Waals surface area contributed by atoms with Crippen molar-refractivity contribution < 1.29 is 38.4 Å². The van der Waals surface area contributed by atoms with Gasteiger partial charge in [0, 0.05) is 37.0 Å². The Morgan fingerprint density at radius 2 is 1.88 bits per heavy atom. The number of nitrogens with zero attached hydrogens (tertiary/aromatic N) is 2. The van der Waals surface area contributed by atoms with E-state index >= 15 is 0 Å². The fraction of sp³-hybridized carbons (Fsp3) is 0.733. The summed E-state index contributed by atoms with van der Waals surface area (Å²) in [6.45, 7) is 9.76. The van der Waals surface area contributed by atoms with Crippen LogP contribution in [0.2, 0.25) is 0 Å². The number of carboxylic acids is 1. The van der Waals surface area contributed by atoms with Crippen molar-refractivity contribution in [3.63, 3.8) is 0 Å². The molecule has 2 fully saturated rings. The average molecular weight is 578 g/mol. The Morgan fingerprint density at radius 1 is 1.15 bits per heavy atom. The SMILES string of the molecule is CCCCN(CCCCN)C(=O)CN1C[C@H](c2cc(OC)c3c(c2)OCO3)C(C(=O)O)[C@@H]1CC(C)(C)C1OCCO1. The number of nitrogens with two attached hydrogens (primary N) is 1. The number of likely N-dealkylation sites (tertiary alicyclic amines) is 1. The molecular formula is C30H47N3O8. The van der Waals surface area contributed by atoms with Crippen LogP contribution < -0.4 is 19.9 Å². The Kier molecular flexibility index (Phi) is 10.7. The van der Waals surface area contributed by atoms with Crippen LogP contribution in [0.1, 0.15) is 64.4 Å². The third kappa shape index (κ3) is 7.25. The molecule has 11 heteroatoms. The molecule has 230 valence electrons. The molecule has 4 rings (SSSR count). The number of ether oxygens (including phenoxy) is 5. The van der Waals surface area contributed by atoms with Crippen LogP contribution in [0.5, 0.6) is 17.2 Å². The summed E-state index contributed by atoms with van der Waals surface area (Å²) in [5.74, 6) is -0.491. The molecule has 3 aliphatic heterocycles. The molecule has 3 N–H and O–H groups in total. The zero-order valence-electron chi connectivity index (χ0n) is 24.9. The number of carbonyl (C=O) groups excluding carboxylic acids is 1. The van der Waals surface area contributed by atoms with Gasteiger partial charge in [-0.15, -0.1) is 0 Å². The Hall–Kier alpha value is -2.60. The predicted octanol–water partition coefficient (Wildman–Crippen LogP) is 3.05. The van der Waals surface area contributed by atoms with E-state index in [-0.39, 0.29) is 19.2 Å². The van der Waals surface area contributed by atoms with E-state index in [2.05, 4.69) is 11.8 Å². The van der Waals surface area contributed by atoms with Gasteiger partial charge in [-0.05, 0) is 49.9 Å². The second kappa shape index (κ2) is 14.0. The summed E-state index contributed by atoms with van der Waals surface area (Å²) >= 11 is 0. The van der Waals surface area contributed by atoms with E-state index in [4.69, 9.17) is 29.4 Å². The van der Waals surface area contributed by atoms with Crippen molar-refractivity contribution in [1.82, 2.24) is 9.80 Å². The van der Waals surface area contributed by atoms with Crippen LogP contribution in [-0.4, -0.2) is 99.0 Å². The van der Waals surface area contributed by atoms with Gasteiger partial charge in [-0.2, -0.15) is 0 Å². The second-order valence-corrected chi connectivity index (χ2v) is 11.9. The van der Waals surface area contributed by atoms with Crippen molar-refractivity contribution in [2.24, 2.45) is 17.1 Å². The fourth-order valence-electron chi connectivity index (χ4n) is 6.32. The summed E-state index contributed by atoms with van der Waals surface area (Å²) in [6.07, 6.45) is 3.65. The molecule has 0 saturated carbocycles. The minimum absolute atomic E-state index is 0.0136. The number of amides is 1. The molecule has 0 radical (unpaired) electrons. The zero-order chi connectivity index (χ0) is 29.6. The number of carbonyl (C=O) groups is 2. The fourth-order valence-corrected chi connectivity index (χ4v) is 6.32. The molecule has 3 heterocycles. The summed E-state index contributed by atoms with van der Waals surface area (Å²) in [5.41, 5.74) is 6.02. The number of aliphatic carboxylic acids is 1. The maximum Gasteiger partial charge on any atom is 0.308 e. The molecule has 3 aliphatic rings. The lowest BCUT2D eigenvalue weighted by Gasteiger charge is -2.37. The lowest BCUT2D eigenvalue weighted by molar-refractivity contribution is -0.148. The molecule has 1 amide bonds. The zero-order valence-corrected chi connectivity index (χ0v) is 24.9. The molecule has 11 nitrogen and oxygen atoms in total. The number of unbranched alkanes of at least 4 members (excludes halogenated alkanes) is 2. The van der Waals surface area contributed by atoms with E-state index in [0.29, 0.717) is 63.1 Å². The number of methoxy groups -OCH3 is 1. The minimum atomic E-state index is -0.901. The van der Waals surface area contributed by atoms with Gasteiger partial charge in [0.1, 0.15) is 0 Å². The van der Waals surface area contributed by atoms with Crippen molar-refractivity contribution >= 4 is 11.9 Å². The van der Waals surface area contributed by atoms with Gasteiger partial charge in [0.25, 0.3) is 0 Å². The number of benzene rings is 1. The van der Waals surface area contributed by atoms with E-state index in [1.165, 1.54) is 0 Å². The van der Waals surface area contributed by atoms with Gasteiger partial charge in [0.05, 0.1) is 32.8 Å². The van der Waals surface area contributed by atoms with Crippen LogP contribution in [0, 0.1) is 11.3 Å². The highest BCUT2D eigenvalue weighted by molar-refractivity contribution is 5.79. The van der Waals surface area contributed by atoms with Gasteiger partial charge in [-0.3, -0.25) is 14.5 Å². The van der Waals surface area contributed by atoms with Gasteiger partial charge in [0.15, 0.2) is 17.8 Å².